The van der Waals surface area contributed by atoms with Crippen LogP contribution < -0.4 is 0 Å². The molecule has 6 aliphatic rings. The number of piperidine rings is 1. The summed E-state index contributed by atoms with van der Waals surface area (Å²) in [6, 6.07) is 7.64. The Kier molecular flexibility index (Phi) is 7.72. The standard InChI is InChI=1S/C34H47NO12/c1-7-35-15-30(16-42-3)19(37)13-20(43-4)33-23(30)22(44-5)21(25(33)35)34(47-17(2)36)24-27(46-29(39)18-11-9-8-10-12-18)31(40,14-32(24,33)41)28(45-6)26(34)38/h8-12,19-28,37-38,40-41H,7,13-16H2,1-6H3/t19-,20+,21+,22?,23?,24?,25?,26+,27?,28+,30+,31-,32+,33-,34+/m1/s1. The predicted octanol–water partition coefficient (Wildman–Crippen LogP) is -0.237. The zero-order valence-electron chi connectivity index (χ0n) is 27.7. The molecule has 5 aliphatic carbocycles. The van der Waals surface area contributed by atoms with Crippen molar-refractivity contribution in [2.24, 2.45) is 28.6 Å². The Hall–Kier alpha value is -2.20. The van der Waals surface area contributed by atoms with Crippen LogP contribution >= 0.6 is 0 Å². The number of rotatable bonds is 9. The number of nitrogens with zero attached hydrogens (tertiary/aromatic N) is 1. The zero-order chi connectivity index (χ0) is 33.9. The summed E-state index contributed by atoms with van der Waals surface area (Å²) < 4.78 is 36.9. The SMILES string of the molecule is CCN1C[C@@]2(COC)C3C(OC)[C@H]4C1[C@]3([C@@H](OC)C[C@H]2O)[C@]1(O)C[C@@]2(O)C(OC(=O)c3ccccc3)C1[C@]4(OC(C)=O)[C@@H](O)[C@@H]2OC. The van der Waals surface area contributed by atoms with E-state index in [4.69, 9.17) is 28.4 Å². The van der Waals surface area contributed by atoms with Gasteiger partial charge < -0.3 is 48.8 Å². The van der Waals surface area contributed by atoms with E-state index in [1.165, 1.54) is 28.3 Å². The Morgan fingerprint density at radius 2 is 1.68 bits per heavy atom. The number of aliphatic hydroxyl groups is 4. The van der Waals surface area contributed by atoms with Crippen LogP contribution in [0.1, 0.15) is 37.0 Å². The fourth-order valence-electron chi connectivity index (χ4n) is 12.3. The number of carbonyl (C=O) groups excluding carboxylic acids is 2. The van der Waals surface area contributed by atoms with Gasteiger partial charge in [0.05, 0.1) is 42.0 Å². The van der Waals surface area contributed by atoms with Gasteiger partial charge in [0.1, 0.15) is 23.9 Å². The number of methoxy groups -OCH3 is 4. The number of esters is 2. The van der Waals surface area contributed by atoms with Gasteiger partial charge >= 0.3 is 11.9 Å². The molecule has 1 spiro atoms. The van der Waals surface area contributed by atoms with Crippen molar-refractivity contribution in [3.05, 3.63) is 35.9 Å². The van der Waals surface area contributed by atoms with E-state index in [1.807, 2.05) is 6.92 Å². The summed E-state index contributed by atoms with van der Waals surface area (Å²) >= 11 is 0. The molecule has 260 valence electrons. The van der Waals surface area contributed by atoms with Gasteiger partial charge in [-0.2, -0.15) is 0 Å². The van der Waals surface area contributed by atoms with Crippen LogP contribution in [0, 0.1) is 28.6 Å². The van der Waals surface area contributed by atoms with E-state index < -0.39 is 106 Å². The molecule has 0 radical (unpaired) electrons. The molecule has 6 fully saturated rings. The molecular formula is C34H47NO12. The smallest absolute Gasteiger partial charge is 0.338 e. The molecule has 4 N–H and O–H groups in total. The first-order chi connectivity index (χ1) is 22.3. The second-order valence-electron chi connectivity index (χ2n) is 14.6. The second-order valence-corrected chi connectivity index (χ2v) is 14.6. The molecule has 7 bridgehead atoms. The number of ether oxygens (including phenoxy) is 6. The lowest BCUT2D eigenvalue weighted by atomic mass is 9.40. The first-order valence-electron chi connectivity index (χ1n) is 16.4. The highest BCUT2D eigenvalue weighted by molar-refractivity contribution is 5.89. The van der Waals surface area contributed by atoms with Gasteiger partial charge in [-0.05, 0) is 18.7 Å². The average molecular weight is 662 g/mol. The van der Waals surface area contributed by atoms with Gasteiger partial charge in [0.25, 0.3) is 0 Å². The van der Waals surface area contributed by atoms with Crippen molar-refractivity contribution in [3.8, 4) is 0 Å². The van der Waals surface area contributed by atoms with Crippen LogP contribution in [0.25, 0.3) is 0 Å². The van der Waals surface area contributed by atoms with Crippen molar-refractivity contribution in [2.45, 2.75) is 86.2 Å². The molecule has 47 heavy (non-hydrogen) atoms. The maximum Gasteiger partial charge on any atom is 0.338 e. The lowest BCUT2D eigenvalue weighted by Gasteiger charge is -2.72. The number of hydrogen-bond acceptors (Lipinski definition) is 13. The van der Waals surface area contributed by atoms with Crippen molar-refractivity contribution in [3.63, 3.8) is 0 Å². The first-order valence-corrected chi connectivity index (χ1v) is 16.4. The summed E-state index contributed by atoms with van der Waals surface area (Å²) in [6.45, 7) is 4.15. The van der Waals surface area contributed by atoms with Crippen LogP contribution in [-0.2, 0) is 33.2 Å². The molecule has 1 aliphatic heterocycles. The molecule has 13 heteroatoms. The predicted molar refractivity (Wildman–Crippen MR) is 162 cm³/mol. The maximum atomic E-state index is 13.8. The monoisotopic (exact) mass is 661 g/mol. The zero-order valence-corrected chi connectivity index (χ0v) is 27.7. The average Bonchev–Trinajstić information content (AvgIpc) is 3.39. The number of fused-ring (bicyclic) bond motifs is 2. The lowest BCUT2D eigenvalue weighted by molar-refractivity contribution is -0.355. The molecule has 15 atom stereocenters. The van der Waals surface area contributed by atoms with Crippen molar-refractivity contribution in [2.75, 3.05) is 48.1 Å². The minimum absolute atomic E-state index is 0.119. The van der Waals surface area contributed by atoms with Crippen LogP contribution in [0.15, 0.2) is 30.3 Å². The van der Waals surface area contributed by atoms with E-state index in [-0.39, 0.29) is 18.6 Å². The normalized spacial score (nSPS) is 50.7. The first kappa shape index (κ1) is 33.3. The van der Waals surface area contributed by atoms with Crippen LogP contribution in [0.2, 0.25) is 0 Å². The number of benzene rings is 1. The largest absolute Gasteiger partial charge is 0.455 e. The van der Waals surface area contributed by atoms with Crippen LogP contribution in [-0.4, -0.2) is 145 Å². The number of carbonyl (C=O) groups is 2. The fourth-order valence-corrected chi connectivity index (χ4v) is 12.3. The van der Waals surface area contributed by atoms with Gasteiger partial charge in [-0.25, -0.2) is 4.79 Å². The third-order valence-electron chi connectivity index (χ3n) is 13.2. The third kappa shape index (κ3) is 3.65. The van der Waals surface area contributed by atoms with Gasteiger partial charge in [-0.1, -0.05) is 25.1 Å². The van der Waals surface area contributed by atoms with Crippen LogP contribution in [0.3, 0.4) is 0 Å². The summed E-state index contributed by atoms with van der Waals surface area (Å²) in [4.78, 5) is 29.2. The van der Waals surface area contributed by atoms with Gasteiger partial charge in [-0.15, -0.1) is 0 Å². The van der Waals surface area contributed by atoms with Crippen LogP contribution in [0.4, 0.5) is 0 Å². The highest BCUT2D eigenvalue weighted by Crippen LogP contribution is 2.81. The Bertz CT molecular complexity index is 1410. The second kappa shape index (κ2) is 10.9. The minimum atomic E-state index is -2.12. The molecular weight excluding hydrogens is 614 g/mol. The lowest BCUT2D eigenvalue weighted by Crippen LogP contribution is -2.85. The topological polar surface area (TPSA) is 174 Å². The van der Waals surface area contributed by atoms with Gasteiger partial charge in [0, 0.05) is 83.5 Å². The quantitative estimate of drug-likeness (QED) is 0.256. The van der Waals surface area contributed by atoms with Crippen molar-refractivity contribution in [1.82, 2.24) is 4.90 Å². The van der Waals surface area contributed by atoms with Gasteiger partial charge in [0.2, 0.25) is 0 Å². The number of likely N-dealkylation sites (tertiary alicyclic amines) is 1. The van der Waals surface area contributed by atoms with Gasteiger partial charge in [0.15, 0.2) is 5.60 Å². The molecule has 1 aromatic rings. The highest BCUT2D eigenvalue weighted by atomic mass is 16.6. The number of aliphatic hydroxyl groups excluding tert-OH is 2. The maximum absolute atomic E-state index is 13.8. The molecule has 1 heterocycles. The highest BCUT2D eigenvalue weighted by Gasteiger charge is 2.96. The van der Waals surface area contributed by atoms with Crippen LogP contribution in [0.5, 0.6) is 0 Å². The molecule has 1 aromatic carbocycles. The molecule has 7 rings (SSSR count). The van der Waals surface area contributed by atoms with Crippen molar-refractivity contribution in [1.29, 1.82) is 0 Å². The molecule has 13 nitrogen and oxygen atoms in total. The molecule has 0 aromatic heterocycles. The van der Waals surface area contributed by atoms with E-state index in [0.29, 0.717) is 13.1 Å². The van der Waals surface area contributed by atoms with Crippen molar-refractivity contribution < 1.29 is 58.4 Å². The van der Waals surface area contributed by atoms with E-state index >= 15 is 0 Å². The van der Waals surface area contributed by atoms with E-state index in [2.05, 4.69) is 4.90 Å². The Balaban J connectivity index is 1.57. The van der Waals surface area contributed by atoms with E-state index in [0.717, 1.165) is 0 Å². The van der Waals surface area contributed by atoms with E-state index in [9.17, 15) is 30.0 Å². The Morgan fingerprint density at radius 1 is 0.979 bits per heavy atom. The molecule has 0 amide bonds. The summed E-state index contributed by atoms with van der Waals surface area (Å²) in [5, 5.41) is 51.1. The summed E-state index contributed by atoms with van der Waals surface area (Å²) in [7, 11) is 5.94. The van der Waals surface area contributed by atoms with Gasteiger partial charge in [-0.3, -0.25) is 9.69 Å². The Morgan fingerprint density at radius 3 is 2.26 bits per heavy atom. The summed E-state index contributed by atoms with van der Waals surface area (Å²) in [6.07, 6.45) is -7.38. The number of hydrogen-bond donors (Lipinski definition) is 4. The molecule has 5 saturated carbocycles. The Labute approximate surface area is 274 Å². The third-order valence-corrected chi connectivity index (χ3v) is 13.2. The fraction of sp³-hybridized carbons (Fsp3) is 0.765. The molecule has 5 unspecified atom stereocenters. The molecule has 1 saturated heterocycles. The summed E-state index contributed by atoms with van der Waals surface area (Å²) in [5.74, 6) is -4.34. The minimum Gasteiger partial charge on any atom is -0.455 e. The van der Waals surface area contributed by atoms with E-state index in [1.54, 1.807) is 37.4 Å². The van der Waals surface area contributed by atoms with Crippen molar-refractivity contribution >= 4 is 11.9 Å². The summed E-state index contributed by atoms with van der Waals surface area (Å²) in [5.41, 5.74) is -8.15.